The number of aryl methyl sites for hydroxylation is 4. The monoisotopic (exact) mass is 441 g/mol. The van der Waals surface area contributed by atoms with Crippen LogP contribution < -0.4 is 9.64 Å². The van der Waals surface area contributed by atoms with Crippen molar-refractivity contribution >= 4 is 23.1 Å². The largest absolute Gasteiger partial charge is 0.507 e. The Hall–Kier alpha value is -3.86. The van der Waals surface area contributed by atoms with E-state index in [4.69, 9.17) is 4.74 Å². The lowest BCUT2D eigenvalue weighted by molar-refractivity contribution is -0.132. The van der Waals surface area contributed by atoms with Crippen molar-refractivity contribution < 1.29 is 19.4 Å². The summed E-state index contributed by atoms with van der Waals surface area (Å²) in [6, 6.07) is 17.9. The number of hydrogen-bond donors (Lipinski definition) is 1. The number of methoxy groups -OCH3 is 1. The van der Waals surface area contributed by atoms with Crippen molar-refractivity contribution in [3.8, 4) is 5.75 Å². The minimum Gasteiger partial charge on any atom is -0.507 e. The number of ketones is 1. The summed E-state index contributed by atoms with van der Waals surface area (Å²) in [5.74, 6) is -0.855. The van der Waals surface area contributed by atoms with Gasteiger partial charge in [-0.3, -0.25) is 14.5 Å². The van der Waals surface area contributed by atoms with Crippen LogP contribution in [0, 0.1) is 27.7 Å². The summed E-state index contributed by atoms with van der Waals surface area (Å²) >= 11 is 0. The maximum Gasteiger partial charge on any atom is 0.300 e. The third-order valence-electron chi connectivity index (χ3n) is 6.15. The minimum atomic E-state index is -0.767. The molecule has 1 aliphatic rings. The number of carbonyl (C=O) groups is 2. The number of rotatable bonds is 4. The first kappa shape index (κ1) is 22.3. The summed E-state index contributed by atoms with van der Waals surface area (Å²) < 4.78 is 5.28. The first-order valence-corrected chi connectivity index (χ1v) is 10.8. The first-order valence-electron chi connectivity index (χ1n) is 10.8. The number of carbonyl (C=O) groups excluding carboxylic acids is 2. The molecule has 1 heterocycles. The molecule has 0 bridgehead atoms. The van der Waals surface area contributed by atoms with E-state index in [1.165, 1.54) is 4.90 Å². The average Bonchev–Trinajstić information content (AvgIpc) is 3.07. The van der Waals surface area contributed by atoms with Gasteiger partial charge in [0.2, 0.25) is 0 Å². The van der Waals surface area contributed by atoms with Crippen LogP contribution in [0.3, 0.4) is 0 Å². The summed E-state index contributed by atoms with van der Waals surface area (Å²) in [5.41, 5.74) is 5.61. The Bertz CT molecular complexity index is 1290. The topological polar surface area (TPSA) is 66.8 Å². The molecule has 168 valence electrons. The van der Waals surface area contributed by atoms with Crippen molar-refractivity contribution in [2.45, 2.75) is 33.7 Å². The molecule has 1 atom stereocenters. The third-order valence-corrected chi connectivity index (χ3v) is 6.15. The molecule has 1 saturated heterocycles. The lowest BCUT2D eigenvalue weighted by Crippen LogP contribution is -2.30. The lowest BCUT2D eigenvalue weighted by atomic mass is 9.93. The maximum atomic E-state index is 13.4. The smallest absolute Gasteiger partial charge is 0.300 e. The second-order valence-electron chi connectivity index (χ2n) is 8.55. The van der Waals surface area contributed by atoms with Gasteiger partial charge in [-0.15, -0.1) is 0 Å². The van der Waals surface area contributed by atoms with Crippen LogP contribution in [0.5, 0.6) is 5.75 Å². The van der Waals surface area contributed by atoms with E-state index in [0.29, 0.717) is 22.6 Å². The molecule has 1 unspecified atom stereocenters. The second-order valence-corrected chi connectivity index (χ2v) is 8.55. The zero-order valence-electron chi connectivity index (χ0n) is 19.5. The highest BCUT2D eigenvalue weighted by Crippen LogP contribution is 2.44. The predicted molar refractivity (Wildman–Crippen MR) is 130 cm³/mol. The standard InChI is InChI=1S/C28H27NO4/c1-16-6-8-18(3)22(14-16)26(30)24-25(20-10-12-21(33-5)13-11-20)29(28(32)27(24)31)23-15-17(2)7-9-19(23)4/h6-15,25,30H,1-5H3/b26-24+. The number of amides is 1. The summed E-state index contributed by atoms with van der Waals surface area (Å²) in [4.78, 5) is 28.3. The quantitative estimate of drug-likeness (QED) is 0.327. The Balaban J connectivity index is 2.00. The van der Waals surface area contributed by atoms with Gasteiger partial charge in [-0.2, -0.15) is 0 Å². The van der Waals surface area contributed by atoms with E-state index in [1.54, 1.807) is 19.2 Å². The molecule has 1 N–H and O–H groups in total. The molecule has 5 nitrogen and oxygen atoms in total. The number of hydrogen-bond acceptors (Lipinski definition) is 4. The fourth-order valence-corrected chi connectivity index (χ4v) is 4.30. The van der Waals surface area contributed by atoms with Gasteiger partial charge >= 0.3 is 0 Å². The molecular formula is C28H27NO4. The van der Waals surface area contributed by atoms with Crippen LogP contribution in [0.2, 0.25) is 0 Å². The fourth-order valence-electron chi connectivity index (χ4n) is 4.30. The highest BCUT2D eigenvalue weighted by Gasteiger charge is 2.47. The molecule has 0 radical (unpaired) electrons. The highest BCUT2D eigenvalue weighted by atomic mass is 16.5. The average molecular weight is 442 g/mol. The molecular weight excluding hydrogens is 414 g/mol. The van der Waals surface area contributed by atoms with E-state index in [2.05, 4.69) is 0 Å². The van der Waals surface area contributed by atoms with Crippen molar-refractivity contribution in [3.05, 3.63) is 99.6 Å². The van der Waals surface area contributed by atoms with Crippen LogP contribution in [-0.4, -0.2) is 23.9 Å². The lowest BCUT2D eigenvalue weighted by Gasteiger charge is -2.27. The Morgan fingerprint density at radius 2 is 1.45 bits per heavy atom. The van der Waals surface area contributed by atoms with Crippen molar-refractivity contribution in [1.29, 1.82) is 0 Å². The molecule has 0 spiro atoms. The molecule has 1 fully saturated rings. The molecule has 0 aromatic heterocycles. The molecule has 4 rings (SSSR count). The van der Waals surface area contributed by atoms with Crippen molar-refractivity contribution in [3.63, 3.8) is 0 Å². The summed E-state index contributed by atoms with van der Waals surface area (Å²) in [7, 11) is 1.58. The number of benzene rings is 3. The first-order chi connectivity index (χ1) is 15.7. The van der Waals surface area contributed by atoms with E-state index < -0.39 is 17.7 Å². The van der Waals surface area contributed by atoms with E-state index in [1.807, 2.05) is 76.2 Å². The van der Waals surface area contributed by atoms with Crippen molar-refractivity contribution in [2.24, 2.45) is 0 Å². The number of ether oxygens (including phenoxy) is 1. The van der Waals surface area contributed by atoms with Gasteiger partial charge in [0, 0.05) is 11.3 Å². The Morgan fingerprint density at radius 3 is 2.09 bits per heavy atom. The van der Waals surface area contributed by atoms with Crippen LogP contribution in [-0.2, 0) is 9.59 Å². The number of aliphatic hydroxyl groups is 1. The van der Waals surface area contributed by atoms with E-state index in [-0.39, 0.29) is 11.3 Å². The van der Waals surface area contributed by atoms with Gasteiger partial charge in [-0.1, -0.05) is 42.0 Å². The summed E-state index contributed by atoms with van der Waals surface area (Å²) in [6.45, 7) is 7.64. The highest BCUT2D eigenvalue weighted by molar-refractivity contribution is 6.51. The van der Waals surface area contributed by atoms with Crippen molar-refractivity contribution in [1.82, 2.24) is 0 Å². The van der Waals surface area contributed by atoms with Gasteiger partial charge in [-0.05, 0) is 74.2 Å². The third kappa shape index (κ3) is 3.91. The molecule has 0 saturated carbocycles. The normalized spacial score (nSPS) is 17.5. The van der Waals surface area contributed by atoms with Crippen molar-refractivity contribution in [2.75, 3.05) is 12.0 Å². The molecule has 3 aromatic rings. The molecule has 33 heavy (non-hydrogen) atoms. The van der Waals surface area contributed by atoms with E-state index in [0.717, 1.165) is 22.3 Å². The zero-order valence-corrected chi connectivity index (χ0v) is 19.5. The van der Waals surface area contributed by atoms with Crippen LogP contribution in [0.1, 0.15) is 39.4 Å². The SMILES string of the molecule is COc1ccc(C2/C(=C(\O)c3cc(C)ccc3C)C(=O)C(=O)N2c2cc(C)ccc2C)cc1. The van der Waals surface area contributed by atoms with Crippen LogP contribution in [0.4, 0.5) is 5.69 Å². The number of Topliss-reactive ketones (excluding diaryl/α,β-unsaturated/α-hetero) is 1. The number of aliphatic hydroxyl groups excluding tert-OH is 1. The van der Waals surface area contributed by atoms with Gasteiger partial charge in [-0.25, -0.2) is 0 Å². The maximum absolute atomic E-state index is 13.4. The summed E-state index contributed by atoms with van der Waals surface area (Å²) in [6.07, 6.45) is 0. The fraction of sp³-hybridized carbons (Fsp3) is 0.214. The van der Waals surface area contributed by atoms with Gasteiger partial charge in [0.1, 0.15) is 11.5 Å². The number of nitrogens with zero attached hydrogens (tertiary/aromatic N) is 1. The predicted octanol–water partition coefficient (Wildman–Crippen LogP) is 5.56. The van der Waals surface area contributed by atoms with E-state index >= 15 is 0 Å². The molecule has 5 heteroatoms. The van der Waals surface area contributed by atoms with Crippen LogP contribution in [0.15, 0.2) is 66.2 Å². The van der Waals surface area contributed by atoms with Gasteiger partial charge in [0.25, 0.3) is 11.7 Å². The zero-order chi connectivity index (χ0) is 23.9. The molecule has 0 aliphatic carbocycles. The molecule has 3 aromatic carbocycles. The van der Waals surface area contributed by atoms with Crippen LogP contribution in [0.25, 0.3) is 5.76 Å². The van der Waals surface area contributed by atoms with Gasteiger partial charge in [0.15, 0.2) is 0 Å². The van der Waals surface area contributed by atoms with Crippen LogP contribution >= 0.6 is 0 Å². The Morgan fingerprint density at radius 1 is 0.848 bits per heavy atom. The molecule has 1 amide bonds. The summed E-state index contributed by atoms with van der Waals surface area (Å²) in [5, 5.41) is 11.4. The van der Waals surface area contributed by atoms with Gasteiger partial charge < -0.3 is 9.84 Å². The Labute approximate surface area is 193 Å². The minimum absolute atomic E-state index is 0.0831. The van der Waals surface area contributed by atoms with Gasteiger partial charge in [0.05, 0.1) is 18.7 Å². The molecule has 1 aliphatic heterocycles. The number of anilines is 1. The second kappa shape index (κ2) is 8.58. The Kier molecular flexibility index (Phi) is 5.81. The van der Waals surface area contributed by atoms with E-state index in [9.17, 15) is 14.7 Å².